The Labute approximate surface area is 329 Å². The van der Waals surface area contributed by atoms with Crippen molar-refractivity contribution >= 4 is 87.6 Å². The number of benzene rings is 8. The highest BCUT2D eigenvalue weighted by Crippen LogP contribution is 2.43. The van der Waals surface area contributed by atoms with Gasteiger partial charge in [-0.1, -0.05) is 109 Å². The molecular weight excluding hydrogens is 717 g/mol. The zero-order chi connectivity index (χ0) is 37.9. The fourth-order valence-corrected chi connectivity index (χ4v) is 8.85. The van der Waals surface area contributed by atoms with E-state index in [1.807, 2.05) is 72.8 Å². The molecule has 5 heterocycles. The van der Waals surface area contributed by atoms with Gasteiger partial charge in [0.2, 0.25) is 0 Å². The molecule has 7 heteroatoms. The highest BCUT2D eigenvalue weighted by molar-refractivity contribution is 6.20. The first-order chi connectivity index (χ1) is 28.7. The van der Waals surface area contributed by atoms with Crippen LogP contribution in [0.1, 0.15) is 0 Å². The molecule has 7 nitrogen and oxygen atoms in total. The summed E-state index contributed by atoms with van der Waals surface area (Å²) in [5.41, 5.74) is 10.1. The molecule has 58 heavy (non-hydrogen) atoms. The molecular formula is C51H28N4O3. The van der Waals surface area contributed by atoms with E-state index in [2.05, 4.69) is 102 Å². The second-order valence-corrected chi connectivity index (χ2v) is 14.7. The van der Waals surface area contributed by atoms with Gasteiger partial charge in [0.15, 0.2) is 28.6 Å². The van der Waals surface area contributed by atoms with Gasteiger partial charge in [-0.2, -0.15) is 0 Å². The Morgan fingerprint density at radius 2 is 0.810 bits per heavy atom. The Hall–Kier alpha value is -8.03. The predicted octanol–water partition coefficient (Wildman–Crippen LogP) is 13.7. The molecule has 0 bridgehead atoms. The SMILES string of the molecule is c1ccc(-c2nc(-c3cccc4c3oc3ccccc34)nc(-c3cccc4c3oc3c4ccc4c5ccc(-n6c7ccccc7c7ccccc76)cc5oc43)n2)cc1. The van der Waals surface area contributed by atoms with Crippen LogP contribution < -0.4 is 0 Å². The third-order valence-corrected chi connectivity index (χ3v) is 11.5. The summed E-state index contributed by atoms with van der Waals surface area (Å²) in [6.45, 7) is 0. The fraction of sp³-hybridized carbons (Fsp3) is 0. The van der Waals surface area contributed by atoms with E-state index in [4.69, 9.17) is 28.2 Å². The largest absolute Gasteiger partial charge is 0.455 e. The van der Waals surface area contributed by atoms with Gasteiger partial charge in [0.05, 0.1) is 22.2 Å². The third kappa shape index (κ3) is 4.41. The van der Waals surface area contributed by atoms with Crippen LogP contribution in [0.5, 0.6) is 0 Å². The molecule has 13 aromatic rings. The lowest BCUT2D eigenvalue weighted by atomic mass is 10.1. The topological polar surface area (TPSA) is 83.0 Å². The van der Waals surface area contributed by atoms with Crippen LogP contribution in [0.2, 0.25) is 0 Å². The lowest BCUT2D eigenvalue weighted by Gasteiger charge is -2.09. The second-order valence-electron chi connectivity index (χ2n) is 14.7. The van der Waals surface area contributed by atoms with Crippen molar-refractivity contribution in [3.63, 3.8) is 0 Å². The first kappa shape index (κ1) is 31.2. The number of rotatable bonds is 4. The molecule has 0 aliphatic carbocycles. The van der Waals surface area contributed by atoms with Crippen molar-refractivity contribution in [2.45, 2.75) is 0 Å². The van der Waals surface area contributed by atoms with Gasteiger partial charge in [0.1, 0.15) is 22.3 Å². The number of para-hydroxylation sites is 5. The zero-order valence-corrected chi connectivity index (χ0v) is 30.7. The molecule has 0 atom stereocenters. The van der Waals surface area contributed by atoms with Crippen molar-refractivity contribution < 1.29 is 13.3 Å². The van der Waals surface area contributed by atoms with Crippen molar-refractivity contribution in [3.05, 3.63) is 170 Å². The van der Waals surface area contributed by atoms with Crippen LogP contribution in [0.4, 0.5) is 0 Å². The number of hydrogen-bond donors (Lipinski definition) is 0. The smallest absolute Gasteiger partial charge is 0.178 e. The summed E-state index contributed by atoms with van der Waals surface area (Å²) >= 11 is 0. The van der Waals surface area contributed by atoms with Crippen LogP contribution >= 0.6 is 0 Å². The minimum atomic E-state index is 0.498. The number of aromatic nitrogens is 4. The van der Waals surface area contributed by atoms with Crippen LogP contribution in [-0.2, 0) is 0 Å². The predicted molar refractivity (Wildman–Crippen MR) is 232 cm³/mol. The minimum absolute atomic E-state index is 0.498. The number of fused-ring (bicyclic) bond motifs is 13. The van der Waals surface area contributed by atoms with Crippen molar-refractivity contribution in [3.8, 4) is 39.9 Å². The summed E-state index contributed by atoms with van der Waals surface area (Å²) in [4.78, 5) is 15.3. The molecule has 0 amide bonds. The van der Waals surface area contributed by atoms with Gasteiger partial charge in [-0.3, -0.25) is 0 Å². The van der Waals surface area contributed by atoms with E-state index in [1.54, 1.807) is 0 Å². The van der Waals surface area contributed by atoms with Gasteiger partial charge >= 0.3 is 0 Å². The number of furan rings is 3. The van der Waals surface area contributed by atoms with E-state index in [0.717, 1.165) is 82.5 Å². The van der Waals surface area contributed by atoms with Gasteiger partial charge in [0, 0.05) is 60.4 Å². The standard InChI is InChI=1S/C51H28N4O3/c1-2-12-29(13-3-1)49-52-50(39-19-10-17-35-33-16-6-9-23-43(33)56-45(35)39)54-51(53-49)40-20-11-18-36-38-27-26-37-34-25-24-30(28-44(34)57-47(37)48(38)58-46(36)40)55-41-21-7-4-14-31(41)32-15-5-8-22-42(32)55/h1-28H. The Balaban J connectivity index is 1.01. The summed E-state index contributed by atoms with van der Waals surface area (Å²) in [6, 6.07) is 58.1. The van der Waals surface area contributed by atoms with Gasteiger partial charge in [-0.25, -0.2) is 15.0 Å². The van der Waals surface area contributed by atoms with Gasteiger partial charge in [-0.05, 0) is 54.6 Å². The Morgan fingerprint density at radius 1 is 0.328 bits per heavy atom. The van der Waals surface area contributed by atoms with Crippen molar-refractivity contribution in [2.24, 2.45) is 0 Å². The van der Waals surface area contributed by atoms with Crippen molar-refractivity contribution in [1.82, 2.24) is 19.5 Å². The molecule has 13 rings (SSSR count). The molecule has 0 radical (unpaired) electrons. The van der Waals surface area contributed by atoms with E-state index in [0.29, 0.717) is 34.2 Å². The van der Waals surface area contributed by atoms with E-state index in [9.17, 15) is 0 Å². The first-order valence-corrected chi connectivity index (χ1v) is 19.3. The molecule has 0 unspecified atom stereocenters. The molecule has 8 aromatic carbocycles. The highest BCUT2D eigenvalue weighted by Gasteiger charge is 2.23. The maximum atomic E-state index is 6.88. The lowest BCUT2D eigenvalue weighted by Crippen LogP contribution is -2.00. The molecule has 270 valence electrons. The highest BCUT2D eigenvalue weighted by atomic mass is 16.4. The fourth-order valence-electron chi connectivity index (χ4n) is 8.85. The lowest BCUT2D eigenvalue weighted by molar-refractivity contribution is 0.633. The normalized spacial score (nSPS) is 12.1. The van der Waals surface area contributed by atoms with Crippen LogP contribution in [0.3, 0.4) is 0 Å². The summed E-state index contributed by atoms with van der Waals surface area (Å²) in [7, 11) is 0. The summed E-state index contributed by atoms with van der Waals surface area (Å²) < 4.78 is 22.4. The maximum Gasteiger partial charge on any atom is 0.178 e. The zero-order valence-electron chi connectivity index (χ0n) is 30.7. The van der Waals surface area contributed by atoms with Crippen molar-refractivity contribution in [1.29, 1.82) is 0 Å². The van der Waals surface area contributed by atoms with E-state index < -0.39 is 0 Å². The van der Waals surface area contributed by atoms with Gasteiger partial charge in [-0.15, -0.1) is 0 Å². The molecule has 0 saturated heterocycles. The average molecular weight is 745 g/mol. The maximum absolute atomic E-state index is 6.88. The van der Waals surface area contributed by atoms with Crippen LogP contribution in [0.15, 0.2) is 183 Å². The van der Waals surface area contributed by atoms with Crippen LogP contribution in [-0.4, -0.2) is 19.5 Å². The van der Waals surface area contributed by atoms with Gasteiger partial charge in [0.25, 0.3) is 0 Å². The Kier molecular flexibility index (Phi) is 6.32. The number of nitrogens with zero attached hydrogens (tertiary/aromatic N) is 4. The molecule has 0 aliphatic rings. The van der Waals surface area contributed by atoms with Crippen molar-refractivity contribution in [2.75, 3.05) is 0 Å². The molecule has 0 fully saturated rings. The molecule has 5 aromatic heterocycles. The van der Waals surface area contributed by atoms with Crippen LogP contribution in [0.25, 0.3) is 127 Å². The molecule has 0 saturated carbocycles. The summed E-state index contributed by atoms with van der Waals surface area (Å²) in [5, 5.41) is 8.41. The van der Waals surface area contributed by atoms with Crippen LogP contribution in [0, 0.1) is 0 Å². The average Bonchev–Trinajstić information content (AvgIpc) is 4.05. The summed E-state index contributed by atoms with van der Waals surface area (Å²) in [5.74, 6) is 1.57. The van der Waals surface area contributed by atoms with E-state index >= 15 is 0 Å². The minimum Gasteiger partial charge on any atom is -0.455 e. The van der Waals surface area contributed by atoms with E-state index in [-0.39, 0.29) is 0 Å². The molecule has 0 N–H and O–H groups in total. The first-order valence-electron chi connectivity index (χ1n) is 19.3. The third-order valence-electron chi connectivity index (χ3n) is 11.5. The molecule has 0 spiro atoms. The quantitative estimate of drug-likeness (QED) is 0.178. The molecule has 0 aliphatic heterocycles. The monoisotopic (exact) mass is 744 g/mol. The van der Waals surface area contributed by atoms with Gasteiger partial charge < -0.3 is 17.8 Å². The van der Waals surface area contributed by atoms with E-state index in [1.165, 1.54) is 10.8 Å². The summed E-state index contributed by atoms with van der Waals surface area (Å²) in [6.07, 6.45) is 0. The Bertz CT molecular complexity index is 3760. The second kappa shape index (κ2) is 11.7. The Morgan fingerprint density at radius 3 is 1.53 bits per heavy atom. The number of hydrogen-bond acceptors (Lipinski definition) is 6.